The van der Waals surface area contributed by atoms with Gasteiger partial charge in [0.15, 0.2) is 0 Å². The number of hydrogen-bond acceptors (Lipinski definition) is 1. The van der Waals surface area contributed by atoms with Gasteiger partial charge in [0, 0.05) is 5.69 Å². The molecule has 1 unspecified atom stereocenters. The van der Waals surface area contributed by atoms with Crippen molar-refractivity contribution in [3.05, 3.63) is 29.3 Å². The van der Waals surface area contributed by atoms with Crippen LogP contribution >= 0.6 is 15.9 Å². The van der Waals surface area contributed by atoms with Crippen LogP contribution in [0, 0.1) is 13.8 Å². The average molecular weight is 270 g/mol. The zero-order valence-corrected chi connectivity index (χ0v) is 10.9. The largest absolute Gasteiger partial charge is 0.325 e. The number of halogens is 1. The second kappa shape index (κ2) is 5.31. The minimum absolute atomic E-state index is 0.0196. The normalized spacial score (nSPS) is 12.3. The van der Waals surface area contributed by atoms with E-state index in [1.54, 1.807) is 0 Å². The van der Waals surface area contributed by atoms with E-state index in [-0.39, 0.29) is 10.7 Å². The predicted molar refractivity (Wildman–Crippen MR) is 67.6 cm³/mol. The highest BCUT2D eigenvalue weighted by Crippen LogP contribution is 2.19. The highest BCUT2D eigenvalue weighted by atomic mass is 79.9. The molecule has 0 fully saturated rings. The molecule has 0 aliphatic carbocycles. The van der Waals surface area contributed by atoms with Crippen molar-refractivity contribution < 1.29 is 4.79 Å². The van der Waals surface area contributed by atoms with Crippen LogP contribution in [-0.4, -0.2) is 10.7 Å². The third kappa shape index (κ3) is 3.06. The van der Waals surface area contributed by atoms with Gasteiger partial charge < -0.3 is 5.32 Å². The summed E-state index contributed by atoms with van der Waals surface area (Å²) in [5.41, 5.74) is 3.22. The van der Waals surface area contributed by atoms with Gasteiger partial charge in [0.1, 0.15) is 0 Å². The lowest BCUT2D eigenvalue weighted by molar-refractivity contribution is -0.115. The van der Waals surface area contributed by atoms with Crippen LogP contribution in [0.1, 0.15) is 24.5 Å². The van der Waals surface area contributed by atoms with E-state index in [0.29, 0.717) is 0 Å². The quantitative estimate of drug-likeness (QED) is 0.838. The summed E-state index contributed by atoms with van der Waals surface area (Å²) in [5.74, 6) is 0.0196. The summed E-state index contributed by atoms with van der Waals surface area (Å²) < 4.78 is 0. The van der Waals surface area contributed by atoms with E-state index in [1.165, 1.54) is 5.56 Å². The van der Waals surface area contributed by atoms with E-state index in [4.69, 9.17) is 0 Å². The Kier molecular flexibility index (Phi) is 4.33. The number of hydrogen-bond donors (Lipinski definition) is 1. The molecule has 1 atom stereocenters. The average Bonchev–Trinajstić information content (AvgIpc) is 2.23. The van der Waals surface area contributed by atoms with Crippen molar-refractivity contribution in [2.75, 3.05) is 5.32 Å². The summed E-state index contributed by atoms with van der Waals surface area (Å²) in [6.07, 6.45) is 0.788. The Morgan fingerprint density at radius 3 is 2.73 bits per heavy atom. The number of carbonyl (C=O) groups excluding carboxylic acids is 1. The Morgan fingerprint density at radius 1 is 1.47 bits per heavy atom. The van der Waals surface area contributed by atoms with Gasteiger partial charge in [0.2, 0.25) is 5.91 Å². The van der Waals surface area contributed by atoms with Gasteiger partial charge in [-0.25, -0.2) is 0 Å². The number of carbonyl (C=O) groups is 1. The van der Waals surface area contributed by atoms with Crippen LogP contribution in [-0.2, 0) is 4.79 Å². The molecule has 0 aromatic heterocycles. The van der Waals surface area contributed by atoms with Gasteiger partial charge in [0.05, 0.1) is 4.83 Å². The van der Waals surface area contributed by atoms with Crippen LogP contribution in [0.4, 0.5) is 5.69 Å². The van der Waals surface area contributed by atoms with Crippen molar-refractivity contribution in [3.63, 3.8) is 0 Å². The van der Waals surface area contributed by atoms with E-state index in [9.17, 15) is 4.79 Å². The van der Waals surface area contributed by atoms with Crippen LogP contribution in [0.15, 0.2) is 18.2 Å². The number of aryl methyl sites for hydroxylation is 1. The molecule has 0 bridgehead atoms. The zero-order valence-electron chi connectivity index (χ0n) is 9.30. The molecule has 15 heavy (non-hydrogen) atoms. The first kappa shape index (κ1) is 12.2. The molecular formula is C12H16BrNO. The summed E-state index contributed by atoms with van der Waals surface area (Å²) in [6.45, 7) is 6.03. The van der Waals surface area contributed by atoms with Gasteiger partial charge in [-0.15, -0.1) is 0 Å². The lowest BCUT2D eigenvalue weighted by Gasteiger charge is -2.12. The van der Waals surface area contributed by atoms with Gasteiger partial charge in [-0.2, -0.15) is 0 Å². The lowest BCUT2D eigenvalue weighted by Crippen LogP contribution is -2.22. The highest BCUT2D eigenvalue weighted by molar-refractivity contribution is 9.10. The molecule has 1 aromatic carbocycles. The fourth-order valence-corrected chi connectivity index (χ4v) is 1.40. The summed E-state index contributed by atoms with van der Waals surface area (Å²) >= 11 is 3.33. The van der Waals surface area contributed by atoms with Crippen molar-refractivity contribution in [3.8, 4) is 0 Å². The molecule has 0 aliphatic rings. The third-order valence-corrected chi connectivity index (χ3v) is 3.57. The molecule has 1 rings (SSSR count). The minimum Gasteiger partial charge on any atom is -0.325 e. The minimum atomic E-state index is -0.114. The number of anilines is 1. The molecule has 0 heterocycles. The predicted octanol–water partition coefficient (Wildman–Crippen LogP) is 3.42. The van der Waals surface area contributed by atoms with Crippen molar-refractivity contribution in [1.29, 1.82) is 0 Å². The number of nitrogens with one attached hydrogen (secondary N) is 1. The van der Waals surface area contributed by atoms with Crippen LogP contribution in [0.25, 0.3) is 0 Å². The smallest absolute Gasteiger partial charge is 0.238 e. The molecule has 0 saturated heterocycles. The maximum atomic E-state index is 11.6. The Hall–Kier alpha value is -0.830. The summed E-state index contributed by atoms with van der Waals surface area (Å²) in [4.78, 5) is 11.5. The fraction of sp³-hybridized carbons (Fsp3) is 0.417. The standard InChI is InChI=1S/C12H16BrNO/c1-4-10(13)12(15)14-11-7-5-6-8(2)9(11)3/h5-7,10H,4H2,1-3H3,(H,14,15). The second-order valence-corrected chi connectivity index (χ2v) is 4.72. The number of alkyl halides is 1. The summed E-state index contributed by atoms with van der Waals surface area (Å²) in [7, 11) is 0. The second-order valence-electron chi connectivity index (χ2n) is 3.61. The molecule has 1 amide bonds. The van der Waals surface area contributed by atoms with E-state index >= 15 is 0 Å². The molecule has 0 aliphatic heterocycles. The first-order chi connectivity index (χ1) is 7.06. The molecule has 0 saturated carbocycles. The van der Waals surface area contributed by atoms with Crippen molar-refractivity contribution in [1.82, 2.24) is 0 Å². The van der Waals surface area contributed by atoms with E-state index in [1.807, 2.05) is 39.0 Å². The summed E-state index contributed by atoms with van der Waals surface area (Å²) in [6, 6.07) is 5.92. The number of rotatable bonds is 3. The van der Waals surface area contributed by atoms with Gasteiger partial charge in [-0.05, 0) is 37.5 Å². The lowest BCUT2D eigenvalue weighted by atomic mass is 10.1. The first-order valence-corrected chi connectivity index (χ1v) is 5.99. The van der Waals surface area contributed by atoms with Gasteiger partial charge >= 0.3 is 0 Å². The van der Waals surface area contributed by atoms with Crippen LogP contribution in [0.3, 0.4) is 0 Å². The molecule has 1 N–H and O–H groups in total. The number of amides is 1. The Bertz CT molecular complexity index is 363. The topological polar surface area (TPSA) is 29.1 Å². The van der Waals surface area contributed by atoms with Crippen LogP contribution in [0.2, 0.25) is 0 Å². The van der Waals surface area contributed by atoms with Gasteiger partial charge in [-0.3, -0.25) is 4.79 Å². The molecule has 82 valence electrons. The number of benzene rings is 1. The monoisotopic (exact) mass is 269 g/mol. The molecular weight excluding hydrogens is 254 g/mol. The maximum absolute atomic E-state index is 11.6. The van der Waals surface area contributed by atoms with Gasteiger partial charge in [0.25, 0.3) is 0 Å². The Balaban J connectivity index is 2.81. The van der Waals surface area contributed by atoms with E-state index < -0.39 is 0 Å². The molecule has 1 aromatic rings. The SMILES string of the molecule is CCC(Br)C(=O)Nc1cccc(C)c1C. The zero-order chi connectivity index (χ0) is 11.4. The molecule has 3 heteroatoms. The van der Waals surface area contributed by atoms with Crippen LogP contribution in [0.5, 0.6) is 0 Å². The van der Waals surface area contributed by atoms with Crippen LogP contribution < -0.4 is 5.32 Å². The molecule has 2 nitrogen and oxygen atoms in total. The van der Waals surface area contributed by atoms with Crippen molar-refractivity contribution >= 4 is 27.5 Å². The highest BCUT2D eigenvalue weighted by Gasteiger charge is 2.13. The van der Waals surface area contributed by atoms with Crippen molar-refractivity contribution in [2.24, 2.45) is 0 Å². The van der Waals surface area contributed by atoms with Gasteiger partial charge in [-0.1, -0.05) is 35.0 Å². The first-order valence-electron chi connectivity index (χ1n) is 5.07. The molecule has 0 spiro atoms. The Labute approximate surface area is 99.2 Å². The van der Waals surface area contributed by atoms with Crippen molar-refractivity contribution in [2.45, 2.75) is 32.0 Å². The van der Waals surface area contributed by atoms with E-state index in [2.05, 4.69) is 21.2 Å². The fourth-order valence-electron chi connectivity index (χ4n) is 1.28. The third-order valence-electron chi connectivity index (χ3n) is 2.51. The Morgan fingerprint density at radius 2 is 2.13 bits per heavy atom. The maximum Gasteiger partial charge on any atom is 0.238 e. The summed E-state index contributed by atoms with van der Waals surface area (Å²) in [5, 5.41) is 2.92. The van der Waals surface area contributed by atoms with E-state index in [0.717, 1.165) is 17.7 Å². The molecule has 0 radical (unpaired) electrons.